The monoisotopic (exact) mass is 592 g/mol. The molecular weight excluding hydrogens is 552 g/mol. The van der Waals surface area contributed by atoms with E-state index in [0.717, 1.165) is 71.7 Å². The van der Waals surface area contributed by atoms with Gasteiger partial charge in [0.1, 0.15) is 14.3 Å². The molecule has 0 aliphatic carbocycles. The molecule has 0 fully saturated rings. The number of hydrogen-bond acceptors (Lipinski definition) is 2. The molecule has 0 spiro atoms. The normalized spacial score (nSPS) is 15.0. The molecule has 4 aromatic carbocycles. The molecule has 4 aromatic rings. The minimum absolute atomic E-state index is 0.633. The highest BCUT2D eigenvalue weighted by Crippen LogP contribution is 2.50. The Morgan fingerprint density at radius 1 is 0.410 bits per heavy atom. The number of rotatable bonds is 16. The van der Waals surface area contributed by atoms with Crippen LogP contribution < -0.4 is 21.2 Å². The van der Waals surface area contributed by atoms with Crippen LogP contribution in [-0.4, -0.2) is 37.0 Å². The summed E-state index contributed by atoms with van der Waals surface area (Å²) in [6.07, 6.45) is 7.49. The van der Waals surface area contributed by atoms with Gasteiger partial charge in [-0.25, -0.2) is 0 Å². The molecule has 0 aromatic heterocycles. The Morgan fingerprint density at radius 3 is 1.08 bits per heavy atom. The number of hydrogen-bond donors (Lipinski definition) is 0. The lowest BCUT2D eigenvalue weighted by Gasteiger charge is -2.22. The second-order valence-electron chi connectivity index (χ2n) is 9.99. The lowest BCUT2D eigenvalue weighted by molar-refractivity contribution is 0.576. The molecule has 0 heterocycles. The van der Waals surface area contributed by atoms with E-state index in [1.54, 1.807) is 0 Å². The summed E-state index contributed by atoms with van der Waals surface area (Å²) in [5.74, 6) is 0. The van der Waals surface area contributed by atoms with E-state index in [9.17, 15) is 9.13 Å². The summed E-state index contributed by atoms with van der Waals surface area (Å²) in [5.41, 5.74) is 0. The largest absolute Gasteiger partial charge is 0.319 e. The van der Waals surface area contributed by atoms with Gasteiger partial charge in [-0.15, -0.1) is 0 Å². The summed E-state index contributed by atoms with van der Waals surface area (Å²) in [5, 5.41) is 4.69. The van der Waals surface area contributed by atoms with E-state index in [1.165, 1.54) is 10.6 Å². The zero-order chi connectivity index (χ0) is 27.2. The minimum Gasteiger partial charge on any atom is -0.319 e. The van der Waals surface area contributed by atoms with Gasteiger partial charge in [-0.2, -0.15) is 0 Å². The third-order valence-electron chi connectivity index (χ3n) is 7.09. The van der Waals surface area contributed by atoms with E-state index in [4.69, 9.17) is 0 Å². The van der Waals surface area contributed by atoms with E-state index < -0.39 is 14.3 Å². The van der Waals surface area contributed by atoms with Gasteiger partial charge in [-0.3, -0.25) is 0 Å². The van der Waals surface area contributed by atoms with E-state index >= 15 is 0 Å². The molecule has 4 unspecified atom stereocenters. The molecule has 0 radical (unpaired) electrons. The van der Waals surface area contributed by atoms with Gasteiger partial charge in [-0.1, -0.05) is 138 Å². The van der Waals surface area contributed by atoms with Crippen molar-refractivity contribution in [3.63, 3.8) is 0 Å². The maximum Gasteiger partial charge on any atom is 0.115 e. The van der Waals surface area contributed by atoms with Gasteiger partial charge < -0.3 is 9.13 Å². The van der Waals surface area contributed by atoms with Crippen molar-refractivity contribution in [2.24, 2.45) is 0 Å². The van der Waals surface area contributed by atoms with Gasteiger partial charge in [0.05, 0.1) is 0 Å². The van der Waals surface area contributed by atoms with Crippen LogP contribution in [0.3, 0.4) is 0 Å². The molecular formula is C33H40O2P4. The highest BCUT2D eigenvalue weighted by molar-refractivity contribution is 7.72. The molecule has 0 aliphatic heterocycles. The van der Waals surface area contributed by atoms with Crippen molar-refractivity contribution in [3.8, 4) is 0 Å². The molecule has 0 saturated heterocycles. The van der Waals surface area contributed by atoms with Gasteiger partial charge in [0, 0.05) is 35.3 Å². The molecule has 204 valence electrons. The van der Waals surface area contributed by atoms with Crippen LogP contribution in [0, 0.1) is 0 Å². The highest BCUT2D eigenvalue weighted by Gasteiger charge is 2.28. The zero-order valence-electron chi connectivity index (χ0n) is 22.6. The third kappa shape index (κ3) is 9.66. The summed E-state index contributed by atoms with van der Waals surface area (Å²) >= 11 is 0. The Kier molecular flexibility index (Phi) is 12.3. The Hall–Kier alpha value is -1.80. The fourth-order valence-corrected chi connectivity index (χ4v) is 13.5. The molecule has 0 saturated carbocycles. The summed E-state index contributed by atoms with van der Waals surface area (Å²) in [7, 11) is -3.62. The number of benzene rings is 4. The average molecular weight is 593 g/mol. The van der Waals surface area contributed by atoms with E-state index in [0.29, 0.717) is 12.3 Å². The van der Waals surface area contributed by atoms with Crippen LogP contribution in [0.15, 0.2) is 121 Å². The third-order valence-corrected chi connectivity index (χ3v) is 16.4. The first kappa shape index (κ1) is 30.2. The van der Waals surface area contributed by atoms with Crippen molar-refractivity contribution in [3.05, 3.63) is 121 Å². The first-order valence-electron chi connectivity index (χ1n) is 13.9. The van der Waals surface area contributed by atoms with Crippen molar-refractivity contribution < 1.29 is 9.13 Å². The van der Waals surface area contributed by atoms with Gasteiger partial charge >= 0.3 is 0 Å². The topological polar surface area (TPSA) is 34.1 Å². The minimum atomic E-state index is -2.56. The summed E-state index contributed by atoms with van der Waals surface area (Å²) < 4.78 is 28.8. The van der Waals surface area contributed by atoms with Gasteiger partial charge in [0.2, 0.25) is 0 Å². The summed E-state index contributed by atoms with van der Waals surface area (Å²) in [6.45, 7) is 0. The Morgan fingerprint density at radius 2 is 0.718 bits per heavy atom. The molecule has 6 heteroatoms. The molecule has 0 aliphatic rings. The van der Waals surface area contributed by atoms with Crippen LogP contribution in [0.4, 0.5) is 0 Å². The van der Waals surface area contributed by atoms with Crippen molar-refractivity contribution >= 4 is 52.7 Å². The van der Waals surface area contributed by atoms with Crippen LogP contribution in [-0.2, 0) is 9.13 Å². The smallest absolute Gasteiger partial charge is 0.115 e. The van der Waals surface area contributed by atoms with Crippen LogP contribution in [0.1, 0.15) is 19.3 Å². The lowest BCUT2D eigenvalue weighted by atomic mass is 10.4. The maximum atomic E-state index is 14.4. The van der Waals surface area contributed by atoms with Crippen LogP contribution in [0.2, 0.25) is 0 Å². The fraction of sp³-hybridized carbons (Fsp3) is 0.273. The highest BCUT2D eigenvalue weighted by atomic mass is 31.2. The second kappa shape index (κ2) is 15.8. The quantitative estimate of drug-likeness (QED) is 0.0995. The van der Waals surface area contributed by atoms with Crippen molar-refractivity contribution in [2.75, 3.05) is 37.0 Å². The summed E-state index contributed by atoms with van der Waals surface area (Å²) in [4.78, 5) is 0. The Balaban J connectivity index is 1.37. The van der Waals surface area contributed by atoms with Crippen LogP contribution >= 0.6 is 31.4 Å². The SMILES string of the molecule is O=P(CCCPc1ccccc1)(CCCP(=O)(CCCPc1ccccc1)c1ccccc1)c1ccccc1. The molecule has 0 amide bonds. The predicted octanol–water partition coefficient (Wildman–Crippen LogP) is 7.54. The second-order valence-corrected chi connectivity index (χ2v) is 19.2. The molecule has 39 heavy (non-hydrogen) atoms. The first-order valence-corrected chi connectivity index (χ1v) is 20.5. The summed E-state index contributed by atoms with van der Waals surface area (Å²) in [6, 6.07) is 41.2. The molecule has 4 rings (SSSR count). The average Bonchev–Trinajstić information content (AvgIpc) is 3.00. The van der Waals surface area contributed by atoms with Gasteiger partial charge in [-0.05, 0) is 42.2 Å². The Labute approximate surface area is 238 Å². The van der Waals surface area contributed by atoms with Crippen molar-refractivity contribution in [1.82, 2.24) is 0 Å². The fourth-order valence-electron chi connectivity index (χ4n) is 4.97. The Bertz CT molecular complexity index is 1220. The van der Waals surface area contributed by atoms with Crippen LogP contribution in [0.25, 0.3) is 0 Å². The van der Waals surface area contributed by atoms with Gasteiger partial charge in [0.15, 0.2) is 0 Å². The van der Waals surface area contributed by atoms with E-state index in [2.05, 4.69) is 60.7 Å². The molecule has 4 atom stereocenters. The zero-order valence-corrected chi connectivity index (χ0v) is 26.4. The molecule has 0 bridgehead atoms. The first-order chi connectivity index (χ1) is 19.1. The molecule has 2 nitrogen and oxygen atoms in total. The van der Waals surface area contributed by atoms with E-state index in [1.807, 2.05) is 60.7 Å². The van der Waals surface area contributed by atoms with Gasteiger partial charge in [0.25, 0.3) is 0 Å². The predicted molar refractivity (Wildman–Crippen MR) is 179 cm³/mol. The van der Waals surface area contributed by atoms with E-state index in [-0.39, 0.29) is 0 Å². The lowest BCUT2D eigenvalue weighted by Crippen LogP contribution is -2.15. The van der Waals surface area contributed by atoms with Crippen molar-refractivity contribution in [2.45, 2.75) is 19.3 Å². The molecule has 0 N–H and O–H groups in total. The maximum absolute atomic E-state index is 14.4. The van der Waals surface area contributed by atoms with Crippen LogP contribution in [0.5, 0.6) is 0 Å². The standard InChI is InChI=1S/C33H40O2P4/c34-38(32-20-9-3-10-21-32,26-13-24-36-30-16-5-1-6-17-30)28-15-29-39(35,33-22-11-4-12-23-33)27-14-25-37-31-18-7-2-8-19-31/h1-12,16-23,36-37H,13-15,24-29H2. The van der Waals surface area contributed by atoms with Crippen molar-refractivity contribution in [1.29, 1.82) is 0 Å².